The van der Waals surface area contributed by atoms with E-state index in [4.69, 9.17) is 0 Å². The van der Waals surface area contributed by atoms with E-state index in [1.807, 2.05) is 80.9 Å². The third-order valence-electron chi connectivity index (χ3n) is 2.79. The Balaban J connectivity index is 4.08. The molecule has 14 heteroatoms. The highest BCUT2D eigenvalue weighted by Crippen LogP contribution is 2.59. The molecule has 158 valence electrons. The summed E-state index contributed by atoms with van der Waals surface area (Å²) < 4.78 is 5.53. The van der Waals surface area contributed by atoms with Crippen LogP contribution in [0.5, 0.6) is 0 Å². The maximum Gasteiger partial charge on any atom is 0.124 e. The van der Waals surface area contributed by atoms with Crippen molar-refractivity contribution >= 4 is 114 Å². The van der Waals surface area contributed by atoms with Crippen LogP contribution in [0, 0.1) is 0 Å². The predicted octanol–water partition coefficient (Wildman–Crippen LogP) is 10.0. The van der Waals surface area contributed by atoms with Gasteiger partial charge in [-0.25, -0.2) is 0 Å². The Morgan fingerprint density at radius 2 is 0.538 bits per heavy atom. The molecule has 0 aliphatic carbocycles. The van der Waals surface area contributed by atoms with Gasteiger partial charge in [0.2, 0.25) is 0 Å². The second-order valence-corrected chi connectivity index (χ2v) is 43.7. The lowest BCUT2D eigenvalue weighted by atomic mass is 11.8. The normalized spacial score (nSPS) is 14.5. The van der Waals surface area contributed by atoms with Crippen molar-refractivity contribution in [3.8, 4) is 0 Å². The zero-order valence-electron chi connectivity index (χ0n) is 18.2. The second-order valence-electron chi connectivity index (χ2n) is 9.83. The van der Waals surface area contributed by atoms with E-state index in [0.29, 0.717) is 0 Å². The van der Waals surface area contributed by atoms with Crippen LogP contribution in [-0.4, -0.2) is 40.2 Å². The summed E-state index contributed by atoms with van der Waals surface area (Å²) in [5.41, 5.74) is 0. The Kier molecular flexibility index (Phi) is 14.3. The van der Waals surface area contributed by atoms with Crippen molar-refractivity contribution < 1.29 is 0 Å². The molecule has 0 N–H and O–H groups in total. The molecule has 26 heavy (non-hydrogen) atoms. The summed E-state index contributed by atoms with van der Waals surface area (Å²) in [6.07, 6.45) is 0. The summed E-state index contributed by atoms with van der Waals surface area (Å²) in [5.74, 6) is 0. The molecular weight excluding hydrogens is 541 g/mol. The molecule has 0 amide bonds. The van der Waals surface area contributed by atoms with Gasteiger partial charge in [0.15, 0.2) is 0 Å². The van der Waals surface area contributed by atoms with Crippen molar-refractivity contribution in [2.45, 2.75) is 78.6 Å². The van der Waals surface area contributed by atoms with E-state index in [1.165, 1.54) is 0 Å². The summed E-state index contributed by atoms with van der Waals surface area (Å²) >= 11 is 0. The van der Waals surface area contributed by atoms with Gasteiger partial charge in [0, 0.05) is 59.0 Å². The van der Waals surface area contributed by atoms with Gasteiger partial charge in [0.1, 0.15) is 32.9 Å². The van der Waals surface area contributed by atoms with Crippen LogP contribution in [0.4, 0.5) is 0 Å². The molecule has 0 rings (SSSR count). The van der Waals surface area contributed by atoms with Crippen LogP contribution in [0.15, 0.2) is 0 Å². The Morgan fingerprint density at radius 3 is 0.731 bits per heavy atom. The second kappa shape index (κ2) is 12.6. The summed E-state index contributed by atoms with van der Waals surface area (Å²) in [7, 11) is 10.4. The minimum Gasteiger partial charge on any atom is -0.283 e. The summed E-state index contributed by atoms with van der Waals surface area (Å²) in [6.45, 7) is 29.5. The Bertz CT molecular complexity index is 340. The van der Waals surface area contributed by atoms with Crippen molar-refractivity contribution in [3.05, 3.63) is 0 Å². The van der Waals surface area contributed by atoms with Crippen LogP contribution in [-0.2, 0) is 0 Å². The van der Waals surface area contributed by atoms with Crippen molar-refractivity contribution in [2.75, 3.05) is 0 Å². The smallest absolute Gasteiger partial charge is 0.124 e. The van der Waals surface area contributed by atoms with E-state index in [-0.39, 0.29) is 0 Å². The number of nitrogens with zero attached hydrogens (tertiary/aromatic N) is 2. The van der Waals surface area contributed by atoms with Crippen molar-refractivity contribution in [3.63, 3.8) is 0 Å². The van der Waals surface area contributed by atoms with E-state index in [2.05, 4.69) is 85.8 Å². The quantitative estimate of drug-likeness (QED) is 0.0899. The fourth-order valence-corrected chi connectivity index (χ4v) is 48.2. The van der Waals surface area contributed by atoms with Crippen LogP contribution >= 0.6 is 80.9 Å². The predicted molar refractivity (Wildman–Crippen MR) is 158 cm³/mol. The first-order valence-electron chi connectivity index (χ1n) is 8.43. The molecule has 0 aromatic carbocycles. The van der Waals surface area contributed by atoms with Gasteiger partial charge in [-0.05, 0) is 22.0 Å². The lowest BCUT2D eigenvalue weighted by Crippen LogP contribution is -2.54. The average molecular weight is 577 g/mol. The molecule has 0 aromatic rings. The van der Waals surface area contributed by atoms with Gasteiger partial charge in [0.25, 0.3) is 0 Å². The largest absolute Gasteiger partial charge is 0.283 e. The highest BCUT2D eigenvalue weighted by atomic mass is 34.0. The minimum absolute atomic E-state index is 1.25. The van der Waals surface area contributed by atoms with Crippen LogP contribution < -0.4 is 0 Å². The molecule has 0 saturated carbocycles. The Morgan fingerprint density at radius 1 is 0.346 bits per heavy atom. The van der Waals surface area contributed by atoms with E-state index in [9.17, 15) is 0 Å². The minimum atomic E-state index is -1.25. The molecule has 2 nitrogen and oxygen atoms in total. The molecule has 0 aliphatic rings. The molecule has 0 heterocycles. The van der Waals surface area contributed by atoms with Gasteiger partial charge in [0.05, 0.1) is 0 Å². The van der Waals surface area contributed by atoms with Crippen molar-refractivity contribution in [1.82, 2.24) is 7.27 Å². The fraction of sp³-hybridized carbons (Fsp3) is 1.00. The SMILES string of the molecule is C[Si](C)(C)N(SSSSSSSSN([Si](C)(C)C)[Si](C)(C)C)[Si](C)(C)C. The molecule has 0 aliphatic heterocycles. The van der Waals surface area contributed by atoms with Gasteiger partial charge >= 0.3 is 0 Å². The maximum atomic E-state index is 2.76. The van der Waals surface area contributed by atoms with Crippen LogP contribution in [0.3, 0.4) is 0 Å². The van der Waals surface area contributed by atoms with E-state index < -0.39 is 32.9 Å². The summed E-state index contributed by atoms with van der Waals surface area (Å²) in [6, 6.07) is 0. The Hall–Kier alpha value is 3.59. The topological polar surface area (TPSA) is 6.48 Å². The van der Waals surface area contributed by atoms with Gasteiger partial charge in [-0.2, -0.15) is 0 Å². The lowest BCUT2D eigenvalue weighted by molar-refractivity contribution is 1.01. The first kappa shape index (κ1) is 29.6. The van der Waals surface area contributed by atoms with Crippen molar-refractivity contribution in [1.29, 1.82) is 0 Å². The summed E-state index contributed by atoms with van der Waals surface area (Å²) in [5, 5.41) is 0. The summed E-state index contributed by atoms with van der Waals surface area (Å²) in [4.78, 5) is 0. The standard InChI is InChI=1S/C12H36N2S8Si4/c1-23(2,3)13(24(4,5)6)15-17-19-21-22-20-18-16-14(25(7,8)9)26(10,11)12/h1-12H3. The first-order chi connectivity index (χ1) is 11.5. The first-order valence-corrected chi connectivity index (χ1v) is 32.3. The number of hydrogen-bond donors (Lipinski definition) is 0. The Labute approximate surface area is 197 Å². The van der Waals surface area contributed by atoms with Gasteiger partial charge in [-0.1, -0.05) is 78.6 Å². The average Bonchev–Trinajstić information content (AvgIpc) is 2.34. The molecule has 0 unspecified atom stereocenters. The molecule has 0 radical (unpaired) electrons. The van der Waals surface area contributed by atoms with E-state index in [0.717, 1.165) is 0 Å². The monoisotopic (exact) mass is 576 g/mol. The molecule has 0 fully saturated rings. The molecule has 0 atom stereocenters. The molecule has 0 saturated heterocycles. The van der Waals surface area contributed by atoms with Gasteiger partial charge in [-0.3, -0.25) is 7.27 Å². The van der Waals surface area contributed by atoms with Crippen molar-refractivity contribution in [2.24, 2.45) is 0 Å². The third-order valence-corrected chi connectivity index (χ3v) is 38.9. The van der Waals surface area contributed by atoms with Crippen LogP contribution in [0.25, 0.3) is 0 Å². The number of rotatable bonds is 13. The third kappa shape index (κ3) is 13.1. The van der Waals surface area contributed by atoms with E-state index in [1.54, 1.807) is 0 Å². The fourth-order valence-electron chi connectivity index (χ4n) is 2.59. The zero-order chi connectivity index (χ0) is 20.8. The van der Waals surface area contributed by atoms with Gasteiger partial charge < -0.3 is 0 Å². The van der Waals surface area contributed by atoms with Gasteiger partial charge in [-0.15, -0.1) is 0 Å². The lowest BCUT2D eigenvalue weighted by Gasteiger charge is -2.41. The molecule has 0 spiro atoms. The highest BCUT2D eigenvalue weighted by molar-refractivity contribution is 9.48. The molecular formula is C12H36N2S8Si4. The van der Waals surface area contributed by atoms with E-state index >= 15 is 0 Å². The molecule has 0 aromatic heterocycles. The highest BCUT2D eigenvalue weighted by Gasteiger charge is 2.36. The maximum absolute atomic E-state index is 2.76. The van der Waals surface area contributed by atoms with Crippen LogP contribution in [0.2, 0.25) is 78.6 Å². The van der Waals surface area contributed by atoms with Crippen LogP contribution in [0.1, 0.15) is 0 Å². The number of hydrogen-bond acceptors (Lipinski definition) is 10. The zero-order valence-corrected chi connectivity index (χ0v) is 28.7. The molecule has 0 bridgehead atoms.